The van der Waals surface area contributed by atoms with Gasteiger partial charge >= 0.3 is 0 Å². The van der Waals surface area contributed by atoms with Crippen LogP contribution in [0.15, 0.2) is 58.5 Å². The molecule has 0 saturated heterocycles. The first-order chi connectivity index (χ1) is 13.5. The van der Waals surface area contributed by atoms with Gasteiger partial charge in [-0.3, -0.25) is 9.36 Å². The standard InChI is InChI=1S/C22H24N2O3S/c1-15-20(13-17-6-5-7-19(12-17)27-4)21(25)24(2)22(23-15)28-14-16-8-10-18(26-3)11-9-16/h5-12H,13-14H2,1-4H3. The largest absolute Gasteiger partial charge is 0.497 e. The summed E-state index contributed by atoms with van der Waals surface area (Å²) in [6, 6.07) is 15.7. The lowest BCUT2D eigenvalue weighted by atomic mass is 10.0. The van der Waals surface area contributed by atoms with E-state index >= 15 is 0 Å². The number of aryl methyl sites for hydroxylation is 1. The molecule has 2 aromatic carbocycles. The van der Waals surface area contributed by atoms with Crippen molar-refractivity contribution in [3.05, 3.63) is 81.3 Å². The second-order valence-corrected chi connectivity index (χ2v) is 7.43. The molecule has 0 amide bonds. The number of rotatable bonds is 7. The van der Waals surface area contributed by atoms with E-state index in [9.17, 15) is 4.79 Å². The number of nitrogens with zero attached hydrogens (tertiary/aromatic N) is 2. The lowest BCUT2D eigenvalue weighted by molar-refractivity contribution is 0.414. The molecule has 0 radical (unpaired) electrons. The van der Waals surface area contributed by atoms with E-state index in [1.807, 2.05) is 55.5 Å². The molecule has 3 rings (SSSR count). The van der Waals surface area contributed by atoms with Gasteiger partial charge in [-0.1, -0.05) is 36.0 Å². The predicted molar refractivity (Wildman–Crippen MR) is 113 cm³/mol. The maximum Gasteiger partial charge on any atom is 0.257 e. The van der Waals surface area contributed by atoms with Crippen LogP contribution in [-0.4, -0.2) is 23.8 Å². The summed E-state index contributed by atoms with van der Waals surface area (Å²) in [7, 11) is 5.07. The van der Waals surface area contributed by atoms with E-state index in [1.165, 1.54) is 0 Å². The first-order valence-electron chi connectivity index (χ1n) is 8.97. The normalized spacial score (nSPS) is 10.7. The molecule has 0 atom stereocenters. The van der Waals surface area contributed by atoms with Crippen molar-refractivity contribution in [2.45, 2.75) is 24.3 Å². The van der Waals surface area contributed by atoms with Gasteiger partial charge in [-0.2, -0.15) is 0 Å². The lowest BCUT2D eigenvalue weighted by Gasteiger charge is -2.12. The Morgan fingerprint density at radius 3 is 2.39 bits per heavy atom. The molecule has 1 aromatic heterocycles. The molecule has 28 heavy (non-hydrogen) atoms. The Kier molecular flexibility index (Phi) is 6.41. The fourth-order valence-corrected chi connectivity index (χ4v) is 3.89. The van der Waals surface area contributed by atoms with Gasteiger partial charge in [0.25, 0.3) is 5.56 Å². The molecule has 6 heteroatoms. The van der Waals surface area contributed by atoms with Gasteiger partial charge in [0.1, 0.15) is 11.5 Å². The third-order valence-corrected chi connectivity index (χ3v) is 5.69. The predicted octanol–water partition coefficient (Wildman–Crippen LogP) is 3.99. The maximum absolute atomic E-state index is 12.9. The van der Waals surface area contributed by atoms with E-state index in [4.69, 9.17) is 14.5 Å². The summed E-state index contributed by atoms with van der Waals surface area (Å²) in [6.45, 7) is 1.90. The summed E-state index contributed by atoms with van der Waals surface area (Å²) >= 11 is 1.55. The number of thioether (sulfide) groups is 1. The van der Waals surface area contributed by atoms with Crippen LogP contribution in [0, 0.1) is 6.92 Å². The highest BCUT2D eigenvalue weighted by Gasteiger charge is 2.13. The Morgan fingerprint density at radius 2 is 1.71 bits per heavy atom. The van der Waals surface area contributed by atoms with Gasteiger partial charge in [-0.15, -0.1) is 0 Å². The fourth-order valence-electron chi connectivity index (χ4n) is 2.92. The molecule has 0 saturated carbocycles. The van der Waals surface area contributed by atoms with Gasteiger partial charge < -0.3 is 9.47 Å². The first kappa shape index (κ1) is 20.0. The zero-order valence-electron chi connectivity index (χ0n) is 16.6. The zero-order valence-corrected chi connectivity index (χ0v) is 17.4. The van der Waals surface area contributed by atoms with E-state index in [0.29, 0.717) is 17.1 Å². The third-order valence-electron chi connectivity index (χ3n) is 4.59. The molecule has 0 aliphatic carbocycles. The highest BCUT2D eigenvalue weighted by Crippen LogP contribution is 2.23. The molecule has 0 aliphatic rings. The number of benzene rings is 2. The van der Waals surface area contributed by atoms with Crippen molar-refractivity contribution in [2.75, 3.05) is 14.2 Å². The molecule has 0 unspecified atom stereocenters. The number of aromatic nitrogens is 2. The van der Waals surface area contributed by atoms with Crippen molar-refractivity contribution in [2.24, 2.45) is 7.05 Å². The first-order valence-corrected chi connectivity index (χ1v) is 9.95. The minimum Gasteiger partial charge on any atom is -0.497 e. The minimum absolute atomic E-state index is 0.00690. The van der Waals surface area contributed by atoms with E-state index in [1.54, 1.807) is 37.6 Å². The SMILES string of the molecule is COc1ccc(CSc2nc(C)c(Cc3cccc(OC)c3)c(=O)n2C)cc1. The van der Waals surface area contributed by atoms with Crippen LogP contribution < -0.4 is 15.0 Å². The average Bonchev–Trinajstić information content (AvgIpc) is 2.73. The monoisotopic (exact) mass is 396 g/mol. The summed E-state index contributed by atoms with van der Waals surface area (Å²) in [5.41, 5.74) is 3.65. The molecular formula is C22H24N2O3S. The Bertz CT molecular complexity index is 1010. The van der Waals surface area contributed by atoms with Crippen molar-refractivity contribution < 1.29 is 9.47 Å². The van der Waals surface area contributed by atoms with Crippen LogP contribution in [0.2, 0.25) is 0 Å². The summed E-state index contributed by atoms with van der Waals surface area (Å²) in [5.74, 6) is 2.35. The van der Waals surface area contributed by atoms with Crippen molar-refractivity contribution >= 4 is 11.8 Å². The van der Waals surface area contributed by atoms with Crippen LogP contribution in [0.3, 0.4) is 0 Å². The molecular weight excluding hydrogens is 372 g/mol. The fraction of sp³-hybridized carbons (Fsp3) is 0.273. The van der Waals surface area contributed by atoms with Crippen molar-refractivity contribution in [1.82, 2.24) is 9.55 Å². The Labute approximate surface area is 169 Å². The lowest BCUT2D eigenvalue weighted by Crippen LogP contribution is -2.25. The highest BCUT2D eigenvalue weighted by molar-refractivity contribution is 7.98. The number of hydrogen-bond donors (Lipinski definition) is 0. The number of ether oxygens (including phenoxy) is 2. The molecule has 3 aromatic rings. The summed E-state index contributed by atoms with van der Waals surface area (Å²) in [5, 5.41) is 0.715. The zero-order chi connectivity index (χ0) is 20.1. The molecule has 0 bridgehead atoms. The average molecular weight is 397 g/mol. The molecule has 0 fully saturated rings. The van der Waals surface area contributed by atoms with E-state index in [-0.39, 0.29) is 5.56 Å². The Hall–Kier alpha value is -2.73. The summed E-state index contributed by atoms with van der Waals surface area (Å²) < 4.78 is 12.1. The molecule has 1 heterocycles. The smallest absolute Gasteiger partial charge is 0.257 e. The van der Waals surface area contributed by atoms with Crippen molar-refractivity contribution in [1.29, 1.82) is 0 Å². The second-order valence-electron chi connectivity index (χ2n) is 6.49. The quantitative estimate of drug-likeness (QED) is 0.446. The van der Waals surface area contributed by atoms with E-state index < -0.39 is 0 Å². The van der Waals surface area contributed by atoms with E-state index in [0.717, 1.165) is 34.1 Å². The molecule has 5 nitrogen and oxygen atoms in total. The van der Waals surface area contributed by atoms with Crippen LogP contribution >= 0.6 is 11.8 Å². The Morgan fingerprint density at radius 1 is 1.00 bits per heavy atom. The van der Waals surface area contributed by atoms with Crippen LogP contribution in [-0.2, 0) is 19.2 Å². The van der Waals surface area contributed by atoms with Crippen LogP contribution in [0.1, 0.15) is 22.4 Å². The number of methoxy groups -OCH3 is 2. The van der Waals surface area contributed by atoms with E-state index in [2.05, 4.69) is 0 Å². The van der Waals surface area contributed by atoms with Gasteiger partial charge in [0, 0.05) is 30.5 Å². The Balaban J connectivity index is 1.80. The highest BCUT2D eigenvalue weighted by atomic mass is 32.2. The van der Waals surface area contributed by atoms with Gasteiger partial charge in [0.05, 0.1) is 14.2 Å². The molecule has 146 valence electrons. The molecule has 0 N–H and O–H groups in total. The third kappa shape index (κ3) is 4.57. The van der Waals surface area contributed by atoms with Crippen LogP contribution in [0.4, 0.5) is 0 Å². The summed E-state index contributed by atoms with van der Waals surface area (Å²) in [4.78, 5) is 17.6. The topological polar surface area (TPSA) is 53.4 Å². The maximum atomic E-state index is 12.9. The van der Waals surface area contributed by atoms with Crippen LogP contribution in [0.25, 0.3) is 0 Å². The van der Waals surface area contributed by atoms with Crippen molar-refractivity contribution in [3.8, 4) is 11.5 Å². The van der Waals surface area contributed by atoms with Gasteiger partial charge in [0.15, 0.2) is 5.16 Å². The van der Waals surface area contributed by atoms with Crippen LogP contribution in [0.5, 0.6) is 11.5 Å². The van der Waals surface area contributed by atoms with Gasteiger partial charge in [-0.25, -0.2) is 4.98 Å². The second kappa shape index (κ2) is 8.97. The molecule has 0 aliphatic heterocycles. The number of hydrogen-bond acceptors (Lipinski definition) is 5. The molecule has 0 spiro atoms. The van der Waals surface area contributed by atoms with Gasteiger partial charge in [0.2, 0.25) is 0 Å². The summed E-state index contributed by atoms with van der Waals surface area (Å²) in [6.07, 6.45) is 0.534. The minimum atomic E-state index is -0.00690. The van der Waals surface area contributed by atoms with Gasteiger partial charge in [-0.05, 0) is 42.3 Å². The van der Waals surface area contributed by atoms with Crippen molar-refractivity contribution in [3.63, 3.8) is 0 Å².